The van der Waals surface area contributed by atoms with Gasteiger partial charge in [0, 0.05) is 6.20 Å². The van der Waals surface area contributed by atoms with Crippen molar-refractivity contribution in [3.63, 3.8) is 0 Å². The van der Waals surface area contributed by atoms with Crippen LogP contribution in [0.1, 0.15) is 5.56 Å². The summed E-state index contributed by atoms with van der Waals surface area (Å²) in [5, 5.41) is 3.44. The molecule has 1 amide bonds. The highest BCUT2D eigenvalue weighted by atomic mass is 35.5. The molecule has 0 aliphatic heterocycles. The van der Waals surface area contributed by atoms with Crippen LogP contribution in [0.4, 0.5) is 5.69 Å². The van der Waals surface area contributed by atoms with Crippen molar-refractivity contribution >= 4 is 34.8 Å². The highest BCUT2D eigenvalue weighted by molar-refractivity contribution is 6.35. The molecule has 0 radical (unpaired) electrons. The van der Waals surface area contributed by atoms with Gasteiger partial charge < -0.3 is 14.8 Å². The minimum absolute atomic E-state index is 0.127. The Balaban J connectivity index is 1.67. The molecule has 2 aromatic carbocycles. The summed E-state index contributed by atoms with van der Waals surface area (Å²) < 4.78 is 11.2. The number of carbonyl (C=O) groups is 1. The Labute approximate surface area is 166 Å². The predicted molar refractivity (Wildman–Crippen MR) is 106 cm³/mol. The van der Waals surface area contributed by atoms with Gasteiger partial charge in [-0.15, -0.1) is 0 Å². The fourth-order valence-corrected chi connectivity index (χ4v) is 2.70. The molecule has 1 N–H and O–H groups in total. The number of ether oxygens (including phenoxy) is 2. The summed E-state index contributed by atoms with van der Waals surface area (Å²) in [6.45, 7) is 1.83. The summed E-state index contributed by atoms with van der Waals surface area (Å²) in [7, 11) is 0. The van der Waals surface area contributed by atoms with Gasteiger partial charge in [0.05, 0.1) is 10.7 Å². The fourth-order valence-electron chi connectivity index (χ4n) is 2.28. The lowest BCUT2D eigenvalue weighted by molar-refractivity contribution is -0.118. The van der Waals surface area contributed by atoms with Crippen molar-refractivity contribution in [2.24, 2.45) is 0 Å². The molecule has 1 heterocycles. The van der Waals surface area contributed by atoms with Crippen LogP contribution in [0, 0.1) is 6.92 Å². The number of hydrogen-bond acceptors (Lipinski definition) is 4. The van der Waals surface area contributed by atoms with E-state index in [0.717, 1.165) is 5.56 Å². The maximum atomic E-state index is 12.2. The third-order valence-electron chi connectivity index (χ3n) is 3.50. The molecule has 5 nitrogen and oxygen atoms in total. The predicted octanol–water partition coefficient (Wildman–Crippen LogP) is 5.51. The quantitative estimate of drug-likeness (QED) is 0.590. The Bertz CT molecular complexity index is 963. The molecule has 1 aromatic heterocycles. The average molecular weight is 403 g/mol. The summed E-state index contributed by atoms with van der Waals surface area (Å²) >= 11 is 11.9. The zero-order valence-electron chi connectivity index (χ0n) is 14.4. The maximum absolute atomic E-state index is 12.2. The lowest BCUT2D eigenvalue weighted by Crippen LogP contribution is -2.20. The molecule has 0 spiro atoms. The van der Waals surface area contributed by atoms with Crippen LogP contribution in [0.2, 0.25) is 10.0 Å². The van der Waals surface area contributed by atoms with E-state index >= 15 is 0 Å². The summed E-state index contributed by atoms with van der Waals surface area (Å²) in [6, 6.07) is 16.0. The van der Waals surface area contributed by atoms with Crippen LogP contribution in [0.5, 0.6) is 17.4 Å². The van der Waals surface area contributed by atoms with Crippen molar-refractivity contribution in [2.75, 3.05) is 11.9 Å². The molecule has 0 bridgehead atoms. The minimum Gasteiger partial charge on any atom is -0.484 e. The smallest absolute Gasteiger partial charge is 0.262 e. The number of para-hydroxylation sites is 2. The van der Waals surface area contributed by atoms with Crippen LogP contribution >= 0.6 is 23.2 Å². The van der Waals surface area contributed by atoms with Gasteiger partial charge in [-0.3, -0.25) is 4.79 Å². The molecule has 0 atom stereocenters. The Morgan fingerprint density at radius 2 is 1.93 bits per heavy atom. The molecule has 3 aromatic rings. The van der Waals surface area contributed by atoms with E-state index in [2.05, 4.69) is 10.3 Å². The number of aromatic nitrogens is 1. The van der Waals surface area contributed by atoms with Gasteiger partial charge in [0.2, 0.25) is 5.88 Å². The van der Waals surface area contributed by atoms with Crippen LogP contribution in [0.3, 0.4) is 0 Å². The van der Waals surface area contributed by atoms with Gasteiger partial charge in [0.25, 0.3) is 5.91 Å². The lowest BCUT2D eigenvalue weighted by Gasteiger charge is -2.13. The van der Waals surface area contributed by atoms with Crippen LogP contribution in [0.15, 0.2) is 60.8 Å². The highest BCUT2D eigenvalue weighted by Gasteiger charge is 2.12. The number of nitrogens with zero attached hydrogens (tertiary/aromatic N) is 1. The first-order valence-electron chi connectivity index (χ1n) is 8.08. The molecule has 7 heteroatoms. The van der Waals surface area contributed by atoms with Crippen molar-refractivity contribution in [3.8, 4) is 17.4 Å². The van der Waals surface area contributed by atoms with Gasteiger partial charge in [0.1, 0.15) is 10.8 Å². The Kier molecular flexibility index (Phi) is 6.16. The molecule has 0 fully saturated rings. The second-order valence-corrected chi connectivity index (χ2v) is 6.54. The number of pyridine rings is 1. The lowest BCUT2D eigenvalue weighted by atomic mass is 10.2. The number of aryl methyl sites for hydroxylation is 1. The Hall–Kier alpha value is -2.76. The van der Waals surface area contributed by atoms with E-state index in [0.29, 0.717) is 22.2 Å². The van der Waals surface area contributed by atoms with Crippen LogP contribution in [-0.2, 0) is 4.79 Å². The average Bonchev–Trinajstić information content (AvgIpc) is 2.64. The normalized spacial score (nSPS) is 10.3. The van der Waals surface area contributed by atoms with Crippen LogP contribution in [0.25, 0.3) is 0 Å². The summed E-state index contributed by atoms with van der Waals surface area (Å²) in [5.74, 6) is 0.909. The van der Waals surface area contributed by atoms with E-state index in [1.165, 1.54) is 12.3 Å². The van der Waals surface area contributed by atoms with Crippen molar-refractivity contribution in [1.82, 2.24) is 4.98 Å². The van der Waals surface area contributed by atoms with Crippen LogP contribution < -0.4 is 14.8 Å². The molecule has 138 valence electrons. The standard InChI is InChI=1S/C20H16Cl2N2O3/c1-13-5-4-6-15(9-13)26-12-19(25)24-17-7-2-3-8-18(17)27-20-16(22)10-14(21)11-23-20/h2-11H,12H2,1H3,(H,24,25). The fraction of sp³-hybridized carbons (Fsp3) is 0.100. The SMILES string of the molecule is Cc1cccc(OCC(=O)Nc2ccccc2Oc2ncc(Cl)cc2Cl)c1. The Morgan fingerprint density at radius 3 is 2.70 bits per heavy atom. The van der Waals surface area contributed by atoms with Crippen molar-refractivity contribution < 1.29 is 14.3 Å². The highest BCUT2D eigenvalue weighted by Crippen LogP contribution is 2.33. The first-order valence-corrected chi connectivity index (χ1v) is 8.84. The molecule has 0 aliphatic carbocycles. The third-order valence-corrected chi connectivity index (χ3v) is 3.98. The number of amides is 1. The third kappa shape index (κ3) is 5.36. The van der Waals surface area contributed by atoms with E-state index in [9.17, 15) is 4.79 Å². The number of carbonyl (C=O) groups excluding carboxylic acids is 1. The van der Waals surface area contributed by atoms with Gasteiger partial charge in [-0.2, -0.15) is 0 Å². The monoisotopic (exact) mass is 402 g/mol. The number of benzene rings is 2. The summed E-state index contributed by atoms with van der Waals surface area (Å²) in [4.78, 5) is 16.3. The van der Waals surface area contributed by atoms with E-state index in [1.54, 1.807) is 30.3 Å². The van der Waals surface area contributed by atoms with Gasteiger partial charge in [-0.25, -0.2) is 4.98 Å². The molecule has 27 heavy (non-hydrogen) atoms. The molecule has 0 unspecified atom stereocenters. The zero-order valence-corrected chi connectivity index (χ0v) is 15.9. The topological polar surface area (TPSA) is 60.5 Å². The van der Waals surface area contributed by atoms with E-state index in [1.807, 2.05) is 25.1 Å². The number of rotatable bonds is 6. The number of halogens is 2. The summed E-state index contributed by atoms with van der Waals surface area (Å²) in [5.41, 5.74) is 1.53. The molecular weight excluding hydrogens is 387 g/mol. The van der Waals surface area contributed by atoms with Gasteiger partial charge in [-0.1, -0.05) is 47.5 Å². The number of hydrogen-bond donors (Lipinski definition) is 1. The minimum atomic E-state index is -0.317. The first-order chi connectivity index (χ1) is 13.0. The largest absolute Gasteiger partial charge is 0.484 e. The number of anilines is 1. The molecular formula is C20H16Cl2N2O3. The second-order valence-electron chi connectivity index (χ2n) is 5.69. The molecule has 0 saturated heterocycles. The second kappa shape index (κ2) is 8.75. The molecule has 3 rings (SSSR count). The molecule has 0 aliphatic rings. The van der Waals surface area contributed by atoms with E-state index < -0.39 is 0 Å². The van der Waals surface area contributed by atoms with Crippen molar-refractivity contribution in [1.29, 1.82) is 0 Å². The van der Waals surface area contributed by atoms with Crippen molar-refractivity contribution in [2.45, 2.75) is 6.92 Å². The maximum Gasteiger partial charge on any atom is 0.262 e. The Morgan fingerprint density at radius 1 is 1.11 bits per heavy atom. The van der Waals surface area contributed by atoms with E-state index in [-0.39, 0.29) is 23.4 Å². The number of nitrogens with one attached hydrogen (secondary N) is 1. The van der Waals surface area contributed by atoms with Crippen LogP contribution in [-0.4, -0.2) is 17.5 Å². The summed E-state index contributed by atoms with van der Waals surface area (Å²) in [6.07, 6.45) is 1.43. The first kappa shape index (κ1) is 19.0. The van der Waals surface area contributed by atoms with Crippen molar-refractivity contribution in [3.05, 3.63) is 76.4 Å². The van der Waals surface area contributed by atoms with Gasteiger partial charge in [0.15, 0.2) is 12.4 Å². The van der Waals surface area contributed by atoms with Gasteiger partial charge in [-0.05, 0) is 42.8 Å². The van der Waals surface area contributed by atoms with E-state index in [4.69, 9.17) is 32.7 Å². The molecule has 0 saturated carbocycles. The zero-order chi connectivity index (χ0) is 19.2. The van der Waals surface area contributed by atoms with Gasteiger partial charge >= 0.3 is 0 Å².